The lowest BCUT2D eigenvalue weighted by molar-refractivity contribution is -0.138. The van der Waals surface area contributed by atoms with E-state index in [4.69, 9.17) is 4.74 Å². The van der Waals surface area contributed by atoms with Gasteiger partial charge in [0.05, 0.1) is 12.1 Å². The van der Waals surface area contributed by atoms with Gasteiger partial charge in [-0.3, -0.25) is 19.2 Å². The van der Waals surface area contributed by atoms with Gasteiger partial charge in [-0.1, -0.05) is 39.3 Å². The fourth-order valence-corrected chi connectivity index (χ4v) is 4.62. The summed E-state index contributed by atoms with van der Waals surface area (Å²) in [5.74, 6) is -0.826. The Bertz CT molecular complexity index is 962. The second kappa shape index (κ2) is 13.4. The minimum absolute atomic E-state index is 0.00763. The van der Waals surface area contributed by atoms with Gasteiger partial charge in [-0.15, -0.1) is 0 Å². The minimum Gasteiger partial charge on any atom is -0.491 e. The predicted octanol–water partition coefficient (Wildman–Crippen LogP) is 1.11. The van der Waals surface area contributed by atoms with E-state index in [0.717, 1.165) is 26.1 Å². The van der Waals surface area contributed by atoms with E-state index in [1.807, 2.05) is 13.8 Å². The zero-order valence-corrected chi connectivity index (χ0v) is 22.5. The average molecular weight is 516 g/mol. The quantitative estimate of drug-likeness (QED) is 0.622. The van der Waals surface area contributed by atoms with Gasteiger partial charge in [0.1, 0.15) is 24.4 Å². The van der Waals surface area contributed by atoms with Crippen molar-refractivity contribution in [1.82, 2.24) is 25.3 Å². The number of carbonyl (C=O) groups excluding carboxylic acids is 4. The van der Waals surface area contributed by atoms with Crippen LogP contribution >= 0.6 is 0 Å². The molecule has 1 fully saturated rings. The standard InChI is InChI=1S/C27H41N5O5/c1-5-19(3)24-27(36)30(4)17-18-37-22-10-8-7-9-20(22)25(34)28-21(11-12-23(33)29-24)26(35)32-15-13-31(6-2)14-16-32/h7-10,19,21,24H,5-6,11-18H2,1-4H3,(H,28,34)(H,29,33)/t19-,21-,24-/m0/s1. The molecule has 4 amide bonds. The molecule has 1 aromatic rings. The van der Waals surface area contributed by atoms with Crippen molar-refractivity contribution in [1.29, 1.82) is 0 Å². The van der Waals surface area contributed by atoms with Crippen molar-refractivity contribution in [3.63, 3.8) is 0 Å². The molecule has 2 heterocycles. The Morgan fingerprint density at radius 1 is 1.05 bits per heavy atom. The first-order valence-corrected chi connectivity index (χ1v) is 13.3. The van der Waals surface area contributed by atoms with Gasteiger partial charge < -0.3 is 30.1 Å². The summed E-state index contributed by atoms with van der Waals surface area (Å²) in [6, 6.07) is 5.30. The first-order chi connectivity index (χ1) is 17.7. The van der Waals surface area contributed by atoms with Crippen LogP contribution in [0.5, 0.6) is 5.75 Å². The highest BCUT2D eigenvalue weighted by molar-refractivity contribution is 6.00. The maximum Gasteiger partial charge on any atom is 0.255 e. The number of nitrogens with one attached hydrogen (secondary N) is 2. The highest BCUT2D eigenvalue weighted by Crippen LogP contribution is 2.20. The Labute approximate surface area is 219 Å². The summed E-state index contributed by atoms with van der Waals surface area (Å²) in [5.41, 5.74) is 0.307. The number of nitrogens with zero attached hydrogens (tertiary/aromatic N) is 3. The molecule has 0 aromatic heterocycles. The molecule has 0 saturated carbocycles. The number of rotatable bonds is 4. The third-order valence-corrected chi connectivity index (χ3v) is 7.38. The highest BCUT2D eigenvalue weighted by atomic mass is 16.5. The summed E-state index contributed by atoms with van der Waals surface area (Å²) in [4.78, 5) is 58.5. The van der Waals surface area contributed by atoms with Crippen LogP contribution in [0.3, 0.4) is 0 Å². The predicted molar refractivity (Wildman–Crippen MR) is 140 cm³/mol. The van der Waals surface area contributed by atoms with Gasteiger partial charge in [0.2, 0.25) is 17.7 Å². The third kappa shape index (κ3) is 7.44. The Morgan fingerprint density at radius 2 is 1.76 bits per heavy atom. The molecular formula is C27H41N5O5. The Hall–Kier alpha value is -3.14. The van der Waals surface area contributed by atoms with E-state index >= 15 is 0 Å². The van der Waals surface area contributed by atoms with Gasteiger partial charge in [-0.2, -0.15) is 0 Å². The van der Waals surface area contributed by atoms with Crippen molar-refractivity contribution >= 4 is 23.6 Å². The van der Waals surface area contributed by atoms with Gasteiger partial charge in [-0.25, -0.2) is 0 Å². The van der Waals surface area contributed by atoms with Crippen molar-refractivity contribution in [2.45, 2.75) is 52.1 Å². The molecule has 10 heteroatoms. The number of amides is 4. The number of benzene rings is 1. The number of piperazine rings is 1. The van der Waals surface area contributed by atoms with E-state index < -0.39 is 18.0 Å². The molecule has 1 saturated heterocycles. The summed E-state index contributed by atoms with van der Waals surface area (Å²) < 4.78 is 5.89. The fourth-order valence-electron chi connectivity index (χ4n) is 4.62. The molecule has 0 bridgehead atoms. The minimum atomic E-state index is -0.870. The van der Waals surface area contributed by atoms with Gasteiger partial charge >= 0.3 is 0 Å². The second-order valence-electron chi connectivity index (χ2n) is 9.86. The number of ether oxygens (including phenoxy) is 1. The first kappa shape index (κ1) is 28.4. The molecule has 37 heavy (non-hydrogen) atoms. The van der Waals surface area contributed by atoms with Gasteiger partial charge in [0.15, 0.2) is 0 Å². The third-order valence-electron chi connectivity index (χ3n) is 7.38. The van der Waals surface area contributed by atoms with Crippen molar-refractivity contribution < 1.29 is 23.9 Å². The summed E-state index contributed by atoms with van der Waals surface area (Å²) in [7, 11) is 1.68. The molecule has 1 aromatic carbocycles. The number of para-hydroxylation sites is 1. The molecular weight excluding hydrogens is 474 g/mol. The molecule has 2 aliphatic heterocycles. The molecule has 0 aliphatic carbocycles. The monoisotopic (exact) mass is 515 g/mol. The van der Waals surface area contributed by atoms with E-state index in [1.54, 1.807) is 41.1 Å². The van der Waals surface area contributed by atoms with Crippen LogP contribution in [-0.2, 0) is 14.4 Å². The maximum absolute atomic E-state index is 13.5. The smallest absolute Gasteiger partial charge is 0.255 e. The molecule has 2 N–H and O–H groups in total. The molecule has 0 unspecified atom stereocenters. The van der Waals surface area contributed by atoms with Crippen LogP contribution in [0.1, 0.15) is 50.4 Å². The average Bonchev–Trinajstić information content (AvgIpc) is 2.92. The zero-order chi connectivity index (χ0) is 26.9. The number of fused-ring (bicyclic) bond motifs is 1. The Balaban J connectivity index is 1.87. The van der Waals surface area contributed by atoms with Crippen molar-refractivity contribution in [3.05, 3.63) is 29.8 Å². The first-order valence-electron chi connectivity index (χ1n) is 13.3. The molecule has 10 nitrogen and oxygen atoms in total. The second-order valence-corrected chi connectivity index (χ2v) is 9.86. The van der Waals surface area contributed by atoms with E-state index in [2.05, 4.69) is 22.5 Å². The molecule has 0 radical (unpaired) electrons. The Morgan fingerprint density at radius 3 is 2.43 bits per heavy atom. The number of likely N-dealkylation sites (N-methyl/N-ethyl adjacent to an activating group) is 2. The lowest BCUT2D eigenvalue weighted by atomic mass is 9.97. The summed E-state index contributed by atoms with van der Waals surface area (Å²) >= 11 is 0. The van der Waals surface area contributed by atoms with Crippen molar-refractivity contribution in [2.24, 2.45) is 5.92 Å². The Kier molecular flexibility index (Phi) is 10.3. The van der Waals surface area contributed by atoms with Crippen LogP contribution in [0.4, 0.5) is 0 Å². The SMILES string of the molecule is CC[C@H](C)[C@@H]1NC(=O)CC[C@@H](C(=O)N2CCN(CC)CC2)NC(=O)c2ccccc2OCCN(C)C1=O. The molecule has 2 aliphatic rings. The largest absolute Gasteiger partial charge is 0.491 e. The normalized spacial score (nSPS) is 23.6. The molecule has 0 spiro atoms. The van der Waals surface area contributed by atoms with Gasteiger partial charge in [0, 0.05) is 39.6 Å². The van der Waals surface area contributed by atoms with Crippen LogP contribution in [0.2, 0.25) is 0 Å². The van der Waals surface area contributed by atoms with Crippen LogP contribution in [0.15, 0.2) is 24.3 Å². The van der Waals surface area contributed by atoms with Crippen LogP contribution < -0.4 is 15.4 Å². The van der Waals surface area contributed by atoms with E-state index in [9.17, 15) is 19.2 Å². The summed E-state index contributed by atoms with van der Waals surface area (Å²) in [5, 5.41) is 5.75. The van der Waals surface area contributed by atoms with Gasteiger partial charge in [0.25, 0.3) is 5.91 Å². The van der Waals surface area contributed by atoms with Crippen LogP contribution in [0.25, 0.3) is 0 Å². The van der Waals surface area contributed by atoms with E-state index in [0.29, 0.717) is 30.9 Å². The fraction of sp³-hybridized carbons (Fsp3) is 0.630. The van der Waals surface area contributed by atoms with E-state index in [1.165, 1.54) is 0 Å². The maximum atomic E-state index is 13.5. The highest BCUT2D eigenvalue weighted by Gasteiger charge is 2.32. The molecule has 204 valence electrons. The van der Waals surface area contributed by atoms with Crippen molar-refractivity contribution in [2.75, 3.05) is 52.9 Å². The zero-order valence-electron chi connectivity index (χ0n) is 22.5. The molecule has 3 atom stereocenters. The summed E-state index contributed by atoms with van der Waals surface area (Å²) in [6.45, 7) is 10.1. The summed E-state index contributed by atoms with van der Waals surface area (Å²) in [6.07, 6.45) is 0.855. The number of hydrogen-bond acceptors (Lipinski definition) is 6. The topological polar surface area (TPSA) is 111 Å². The number of hydrogen-bond donors (Lipinski definition) is 2. The van der Waals surface area contributed by atoms with Crippen molar-refractivity contribution in [3.8, 4) is 5.75 Å². The lowest BCUT2D eigenvalue weighted by Crippen LogP contribution is -2.55. The lowest BCUT2D eigenvalue weighted by Gasteiger charge is -2.36. The van der Waals surface area contributed by atoms with Gasteiger partial charge in [-0.05, 0) is 31.0 Å². The van der Waals surface area contributed by atoms with Crippen LogP contribution in [-0.4, -0.2) is 103 Å². The number of carbonyl (C=O) groups is 4. The van der Waals surface area contributed by atoms with Crippen LogP contribution in [0, 0.1) is 5.92 Å². The van der Waals surface area contributed by atoms with E-state index in [-0.39, 0.29) is 43.1 Å². The molecule has 3 rings (SSSR count).